The number of hydrogen-bond acceptors (Lipinski definition) is 4. The van der Waals surface area contributed by atoms with Gasteiger partial charge in [0, 0.05) is 12.2 Å². The van der Waals surface area contributed by atoms with Gasteiger partial charge in [-0.25, -0.2) is 0 Å². The van der Waals surface area contributed by atoms with Crippen LogP contribution in [0.5, 0.6) is 0 Å². The van der Waals surface area contributed by atoms with E-state index in [4.69, 9.17) is 10.1 Å². The average Bonchev–Trinajstić information content (AvgIpc) is 2.69. The summed E-state index contributed by atoms with van der Waals surface area (Å²) in [5, 5.41) is 8.20. The van der Waals surface area contributed by atoms with Crippen LogP contribution in [0.4, 0.5) is 5.69 Å². The fourth-order valence-electron chi connectivity index (χ4n) is 2.15. The maximum Gasteiger partial charge on any atom is 0.243 e. The summed E-state index contributed by atoms with van der Waals surface area (Å²) in [4.78, 5) is 13.4. The molecule has 1 saturated heterocycles. The van der Waals surface area contributed by atoms with Crippen molar-refractivity contribution in [1.29, 1.82) is 5.41 Å². The van der Waals surface area contributed by atoms with Gasteiger partial charge in [0.1, 0.15) is 0 Å². The number of anilines is 1. The Labute approximate surface area is 117 Å². The van der Waals surface area contributed by atoms with Gasteiger partial charge in [0.05, 0.1) is 17.5 Å². The molecule has 1 fully saturated rings. The van der Waals surface area contributed by atoms with Crippen molar-refractivity contribution in [2.24, 2.45) is 0 Å². The highest BCUT2D eigenvalue weighted by atomic mass is 32.2. The third-order valence-corrected chi connectivity index (χ3v) is 3.91. The number of rotatable bonds is 4. The lowest BCUT2D eigenvalue weighted by molar-refractivity contribution is -0.115. The normalized spacial score (nSPS) is 17.1. The summed E-state index contributed by atoms with van der Waals surface area (Å²) in [6.45, 7) is 6.52. The molecule has 1 amide bonds. The zero-order valence-electron chi connectivity index (χ0n) is 11.4. The molecule has 4 nitrogen and oxygen atoms in total. The van der Waals surface area contributed by atoms with Crippen LogP contribution >= 0.6 is 11.8 Å². The van der Waals surface area contributed by atoms with Gasteiger partial charge in [-0.2, -0.15) is 0 Å². The second-order valence-electron chi connectivity index (χ2n) is 4.48. The van der Waals surface area contributed by atoms with Crippen molar-refractivity contribution in [1.82, 2.24) is 0 Å². The predicted molar refractivity (Wildman–Crippen MR) is 78.9 cm³/mol. The van der Waals surface area contributed by atoms with Crippen LogP contribution in [-0.4, -0.2) is 23.4 Å². The van der Waals surface area contributed by atoms with Crippen LogP contribution in [0.25, 0.3) is 0 Å². The highest BCUT2D eigenvalue weighted by molar-refractivity contribution is 8.15. The fourth-order valence-corrected chi connectivity index (χ4v) is 2.87. The van der Waals surface area contributed by atoms with E-state index < -0.39 is 0 Å². The Kier molecular flexibility index (Phi) is 4.27. The topological polar surface area (TPSA) is 53.4 Å². The number of amides is 1. The SMILES string of the molecule is CCOC(C)c1ccc(C)cc1N1C(=N)SCC1=O. The highest BCUT2D eigenvalue weighted by Gasteiger charge is 2.31. The molecule has 0 spiro atoms. The van der Waals surface area contributed by atoms with E-state index in [2.05, 4.69) is 0 Å². The van der Waals surface area contributed by atoms with Crippen molar-refractivity contribution in [3.05, 3.63) is 29.3 Å². The molecule has 0 saturated carbocycles. The summed E-state index contributed by atoms with van der Waals surface area (Å²) in [5.41, 5.74) is 2.80. The van der Waals surface area contributed by atoms with E-state index in [0.29, 0.717) is 17.5 Å². The van der Waals surface area contributed by atoms with Gasteiger partial charge in [-0.05, 0) is 32.4 Å². The third kappa shape index (κ3) is 2.82. The Morgan fingerprint density at radius 3 is 2.84 bits per heavy atom. The molecule has 19 heavy (non-hydrogen) atoms. The van der Waals surface area contributed by atoms with Crippen molar-refractivity contribution in [3.8, 4) is 0 Å². The van der Waals surface area contributed by atoms with Gasteiger partial charge in [-0.3, -0.25) is 15.1 Å². The van der Waals surface area contributed by atoms with E-state index in [-0.39, 0.29) is 12.0 Å². The van der Waals surface area contributed by atoms with Gasteiger partial charge in [-0.1, -0.05) is 23.9 Å². The molecule has 1 N–H and O–H groups in total. The van der Waals surface area contributed by atoms with E-state index in [1.54, 1.807) is 0 Å². The monoisotopic (exact) mass is 278 g/mol. The van der Waals surface area contributed by atoms with Crippen LogP contribution in [0.3, 0.4) is 0 Å². The number of carbonyl (C=O) groups is 1. The predicted octanol–water partition coefficient (Wildman–Crippen LogP) is 3.11. The van der Waals surface area contributed by atoms with Crippen molar-refractivity contribution in [2.45, 2.75) is 26.9 Å². The lowest BCUT2D eigenvalue weighted by Crippen LogP contribution is -2.30. The van der Waals surface area contributed by atoms with Crippen molar-refractivity contribution in [3.63, 3.8) is 0 Å². The van der Waals surface area contributed by atoms with Crippen LogP contribution < -0.4 is 4.90 Å². The maximum atomic E-state index is 12.0. The smallest absolute Gasteiger partial charge is 0.243 e. The molecule has 0 aromatic heterocycles. The standard InChI is InChI=1S/C14H18N2O2S/c1-4-18-10(3)11-6-5-9(2)7-12(11)16-13(17)8-19-14(16)15/h5-7,10,15H,4,8H2,1-3H3. The van der Waals surface area contributed by atoms with Gasteiger partial charge < -0.3 is 4.74 Å². The van der Waals surface area contributed by atoms with Crippen LogP contribution in [-0.2, 0) is 9.53 Å². The third-order valence-electron chi connectivity index (χ3n) is 3.07. The van der Waals surface area contributed by atoms with Crippen molar-refractivity contribution < 1.29 is 9.53 Å². The number of ether oxygens (including phenoxy) is 1. The summed E-state index contributed by atoms with van der Waals surface area (Å²) >= 11 is 1.27. The van der Waals surface area contributed by atoms with Gasteiger partial charge in [0.2, 0.25) is 5.91 Å². The Morgan fingerprint density at radius 2 is 2.26 bits per heavy atom. The summed E-state index contributed by atoms with van der Waals surface area (Å²) in [7, 11) is 0. The number of hydrogen-bond donors (Lipinski definition) is 1. The second kappa shape index (κ2) is 5.75. The Morgan fingerprint density at radius 1 is 1.53 bits per heavy atom. The van der Waals surface area contributed by atoms with Gasteiger partial charge >= 0.3 is 0 Å². The van der Waals surface area contributed by atoms with Crippen molar-refractivity contribution >= 4 is 28.5 Å². The molecule has 1 unspecified atom stereocenters. The lowest BCUT2D eigenvalue weighted by atomic mass is 10.0. The number of amidine groups is 1. The minimum Gasteiger partial charge on any atom is -0.374 e. The van der Waals surface area contributed by atoms with Gasteiger partial charge in [0.25, 0.3) is 0 Å². The number of aryl methyl sites for hydroxylation is 1. The molecule has 0 aliphatic carbocycles. The first-order valence-electron chi connectivity index (χ1n) is 6.31. The molecule has 5 heteroatoms. The molecule has 1 aliphatic heterocycles. The zero-order chi connectivity index (χ0) is 14.0. The summed E-state index contributed by atoms with van der Waals surface area (Å²) < 4.78 is 5.62. The number of nitrogens with zero attached hydrogens (tertiary/aromatic N) is 1. The largest absolute Gasteiger partial charge is 0.374 e. The maximum absolute atomic E-state index is 12.0. The molecular weight excluding hydrogens is 260 g/mol. The van der Waals surface area contributed by atoms with E-state index in [0.717, 1.165) is 16.8 Å². The molecular formula is C14H18N2O2S. The first kappa shape index (κ1) is 14.1. The van der Waals surface area contributed by atoms with E-state index in [1.165, 1.54) is 16.7 Å². The number of thioether (sulfide) groups is 1. The fraction of sp³-hybridized carbons (Fsp3) is 0.429. The van der Waals surface area contributed by atoms with Crippen LogP contribution in [0, 0.1) is 12.3 Å². The number of carbonyl (C=O) groups excluding carboxylic acids is 1. The lowest BCUT2D eigenvalue weighted by Gasteiger charge is -2.23. The van der Waals surface area contributed by atoms with Crippen molar-refractivity contribution in [2.75, 3.05) is 17.3 Å². The summed E-state index contributed by atoms with van der Waals surface area (Å²) in [6.07, 6.45) is -0.0909. The molecule has 1 aliphatic rings. The number of benzene rings is 1. The molecule has 102 valence electrons. The van der Waals surface area contributed by atoms with Crippen LogP contribution in [0.15, 0.2) is 18.2 Å². The summed E-state index contributed by atoms with van der Waals surface area (Å²) in [5.74, 6) is 0.306. The first-order chi connectivity index (χ1) is 9.04. The number of nitrogens with one attached hydrogen (secondary N) is 1. The van der Waals surface area contributed by atoms with Gasteiger partial charge in [-0.15, -0.1) is 0 Å². The molecule has 2 rings (SSSR count). The molecule has 1 aromatic carbocycles. The van der Waals surface area contributed by atoms with Crippen LogP contribution in [0.2, 0.25) is 0 Å². The van der Waals surface area contributed by atoms with E-state index in [1.807, 2.05) is 39.0 Å². The highest BCUT2D eigenvalue weighted by Crippen LogP contribution is 2.34. The quantitative estimate of drug-likeness (QED) is 0.920. The summed E-state index contributed by atoms with van der Waals surface area (Å²) in [6, 6.07) is 5.93. The average molecular weight is 278 g/mol. The molecule has 1 heterocycles. The molecule has 1 aromatic rings. The molecule has 1 atom stereocenters. The Hall–Kier alpha value is -1.33. The Balaban J connectivity index is 2.45. The molecule has 0 radical (unpaired) electrons. The second-order valence-corrected chi connectivity index (χ2v) is 5.45. The minimum absolute atomic E-state index is 0.0365. The zero-order valence-corrected chi connectivity index (χ0v) is 12.2. The van der Waals surface area contributed by atoms with Crippen LogP contribution in [0.1, 0.15) is 31.1 Å². The van der Waals surface area contributed by atoms with Gasteiger partial charge in [0.15, 0.2) is 5.17 Å². The van der Waals surface area contributed by atoms with E-state index >= 15 is 0 Å². The minimum atomic E-state index is -0.0909. The van der Waals surface area contributed by atoms with E-state index in [9.17, 15) is 4.79 Å². The molecule has 0 bridgehead atoms. The Bertz CT molecular complexity index is 500. The first-order valence-corrected chi connectivity index (χ1v) is 7.29.